The Morgan fingerprint density at radius 2 is 1.84 bits per heavy atom. The van der Waals surface area contributed by atoms with Crippen LogP contribution in [0.1, 0.15) is 21.6 Å². The third kappa shape index (κ3) is 4.56. The molecule has 0 atom stereocenters. The molecule has 2 aromatic heterocycles. The number of aromatic amines is 1. The third-order valence-electron chi connectivity index (χ3n) is 4.80. The number of H-pyrrole nitrogens is 1. The molecule has 0 aliphatic heterocycles. The molecule has 0 spiro atoms. The van der Waals surface area contributed by atoms with Crippen LogP contribution in [0.5, 0.6) is 0 Å². The van der Waals surface area contributed by atoms with Crippen LogP contribution in [0.15, 0.2) is 72.9 Å². The minimum atomic E-state index is -0.590. The second-order valence-electron chi connectivity index (χ2n) is 7.19. The normalized spacial score (nSPS) is 10.6. The molecule has 156 valence electrons. The van der Waals surface area contributed by atoms with Crippen LogP contribution in [0, 0.1) is 13.8 Å². The van der Waals surface area contributed by atoms with Crippen molar-refractivity contribution in [3.8, 4) is 16.9 Å². The van der Waals surface area contributed by atoms with Gasteiger partial charge < -0.3 is 15.0 Å². The lowest BCUT2D eigenvalue weighted by Gasteiger charge is -2.09. The van der Waals surface area contributed by atoms with Gasteiger partial charge in [0.15, 0.2) is 6.61 Å². The van der Waals surface area contributed by atoms with Crippen LogP contribution in [0.25, 0.3) is 16.9 Å². The molecule has 7 heteroatoms. The number of nitrogens with one attached hydrogen (secondary N) is 2. The van der Waals surface area contributed by atoms with Gasteiger partial charge in [-0.15, -0.1) is 0 Å². The summed E-state index contributed by atoms with van der Waals surface area (Å²) in [5, 5.41) is 7.54. The van der Waals surface area contributed by atoms with Crippen LogP contribution in [0.2, 0.25) is 0 Å². The van der Waals surface area contributed by atoms with E-state index >= 15 is 0 Å². The number of amides is 1. The van der Waals surface area contributed by atoms with Crippen LogP contribution in [0.3, 0.4) is 0 Å². The number of nitrogens with zero attached hydrogens (tertiary/aromatic N) is 2. The first-order chi connectivity index (χ1) is 15.0. The quantitative estimate of drug-likeness (QED) is 0.461. The summed E-state index contributed by atoms with van der Waals surface area (Å²) in [4.78, 5) is 27.2. The monoisotopic (exact) mass is 414 g/mol. The fourth-order valence-electron chi connectivity index (χ4n) is 3.22. The number of rotatable bonds is 6. The van der Waals surface area contributed by atoms with Crippen LogP contribution in [-0.2, 0) is 9.53 Å². The Morgan fingerprint density at radius 3 is 2.58 bits per heavy atom. The number of carbonyl (C=O) groups is 2. The Balaban J connectivity index is 1.59. The molecule has 0 saturated carbocycles. The van der Waals surface area contributed by atoms with Gasteiger partial charge in [-0.2, -0.15) is 5.10 Å². The number of esters is 1. The van der Waals surface area contributed by atoms with Gasteiger partial charge in [0, 0.05) is 17.8 Å². The van der Waals surface area contributed by atoms with Crippen LogP contribution >= 0.6 is 0 Å². The van der Waals surface area contributed by atoms with E-state index in [2.05, 4.69) is 16.4 Å². The highest BCUT2D eigenvalue weighted by Crippen LogP contribution is 2.28. The first kappa shape index (κ1) is 20.2. The van der Waals surface area contributed by atoms with E-state index in [9.17, 15) is 9.59 Å². The minimum Gasteiger partial charge on any atom is -0.451 e. The first-order valence-corrected chi connectivity index (χ1v) is 9.85. The van der Waals surface area contributed by atoms with Gasteiger partial charge >= 0.3 is 5.97 Å². The van der Waals surface area contributed by atoms with Gasteiger partial charge in [-0.05, 0) is 49.7 Å². The zero-order chi connectivity index (χ0) is 21.8. The summed E-state index contributed by atoms with van der Waals surface area (Å²) in [7, 11) is 0. The van der Waals surface area contributed by atoms with Crippen molar-refractivity contribution in [3.63, 3.8) is 0 Å². The molecular formula is C24H22N4O3. The van der Waals surface area contributed by atoms with Crippen molar-refractivity contribution in [2.75, 3.05) is 11.9 Å². The van der Waals surface area contributed by atoms with Gasteiger partial charge in [0.1, 0.15) is 11.5 Å². The summed E-state index contributed by atoms with van der Waals surface area (Å²) in [5.74, 6) is -0.555. The average molecular weight is 414 g/mol. The molecule has 2 N–H and O–H groups in total. The molecule has 0 aliphatic rings. The minimum absolute atomic E-state index is 0.291. The number of anilines is 1. The van der Waals surface area contributed by atoms with Crippen molar-refractivity contribution in [3.05, 3.63) is 89.7 Å². The molecule has 0 radical (unpaired) electrons. The summed E-state index contributed by atoms with van der Waals surface area (Å²) >= 11 is 0. The Bertz CT molecular complexity index is 1210. The number of aryl methyl sites for hydroxylation is 2. The van der Waals surface area contributed by atoms with Crippen molar-refractivity contribution in [2.45, 2.75) is 13.8 Å². The van der Waals surface area contributed by atoms with Gasteiger partial charge in [0.05, 0.1) is 11.4 Å². The molecule has 0 fully saturated rings. The zero-order valence-corrected chi connectivity index (χ0v) is 17.3. The Labute approximate surface area is 179 Å². The van der Waals surface area contributed by atoms with Gasteiger partial charge in [-0.25, -0.2) is 9.48 Å². The number of benzene rings is 2. The molecule has 0 aliphatic carbocycles. The fraction of sp³-hybridized carbons (Fsp3) is 0.125. The Kier molecular flexibility index (Phi) is 5.66. The Hall–Kier alpha value is -4.13. The van der Waals surface area contributed by atoms with E-state index in [4.69, 9.17) is 9.84 Å². The third-order valence-corrected chi connectivity index (χ3v) is 4.80. The van der Waals surface area contributed by atoms with Crippen molar-refractivity contribution in [1.29, 1.82) is 0 Å². The van der Waals surface area contributed by atoms with Crippen LogP contribution in [-0.4, -0.2) is 33.2 Å². The van der Waals surface area contributed by atoms with Crippen molar-refractivity contribution in [1.82, 2.24) is 14.8 Å². The lowest BCUT2D eigenvalue weighted by atomic mass is 10.0. The van der Waals surface area contributed by atoms with E-state index in [1.54, 1.807) is 23.0 Å². The molecule has 0 bridgehead atoms. The summed E-state index contributed by atoms with van der Waals surface area (Å²) in [6, 6.07) is 20.8. The number of hydrogen-bond acceptors (Lipinski definition) is 4. The topological polar surface area (TPSA) is 89.0 Å². The molecule has 2 heterocycles. The summed E-state index contributed by atoms with van der Waals surface area (Å²) in [6.45, 7) is 3.64. The smallest absolute Gasteiger partial charge is 0.355 e. The maximum Gasteiger partial charge on any atom is 0.355 e. The van der Waals surface area contributed by atoms with Gasteiger partial charge in [-0.3, -0.25) is 4.79 Å². The molecule has 4 aromatic rings. The standard InChI is InChI=1S/C24H22N4O3/c1-16-10-11-17(2)19(13-16)21-14-22(28(27-21)18-7-4-3-5-8-18)26-23(29)15-31-24(30)20-9-6-12-25-20/h3-14,25H,15H2,1-2H3,(H,26,29). The predicted octanol–water partition coefficient (Wildman–Crippen LogP) is 4.28. The highest BCUT2D eigenvalue weighted by molar-refractivity contribution is 5.95. The molecule has 7 nitrogen and oxygen atoms in total. The maximum absolute atomic E-state index is 12.5. The first-order valence-electron chi connectivity index (χ1n) is 9.85. The van der Waals surface area contributed by atoms with E-state index in [0.29, 0.717) is 11.5 Å². The zero-order valence-electron chi connectivity index (χ0n) is 17.3. The van der Waals surface area contributed by atoms with Crippen molar-refractivity contribution < 1.29 is 14.3 Å². The summed E-state index contributed by atoms with van der Waals surface area (Å²) in [5.41, 5.74) is 5.03. The molecule has 31 heavy (non-hydrogen) atoms. The molecule has 1 amide bonds. The maximum atomic E-state index is 12.5. The molecule has 0 saturated heterocycles. The SMILES string of the molecule is Cc1ccc(C)c(-c2cc(NC(=O)COC(=O)c3ccc[nH]3)n(-c3ccccc3)n2)c1. The van der Waals surface area contributed by atoms with E-state index in [0.717, 1.165) is 28.1 Å². The molecular weight excluding hydrogens is 392 g/mol. The van der Waals surface area contributed by atoms with E-state index in [-0.39, 0.29) is 0 Å². The number of para-hydroxylation sites is 1. The predicted molar refractivity (Wildman–Crippen MR) is 118 cm³/mol. The average Bonchev–Trinajstić information content (AvgIpc) is 3.45. The molecule has 2 aromatic carbocycles. The Morgan fingerprint density at radius 1 is 1.03 bits per heavy atom. The van der Waals surface area contributed by atoms with Gasteiger partial charge in [0.2, 0.25) is 0 Å². The van der Waals surface area contributed by atoms with Crippen LogP contribution in [0.4, 0.5) is 5.82 Å². The van der Waals surface area contributed by atoms with Crippen molar-refractivity contribution in [2.24, 2.45) is 0 Å². The molecule has 4 rings (SSSR count). The highest BCUT2D eigenvalue weighted by atomic mass is 16.5. The largest absolute Gasteiger partial charge is 0.451 e. The number of carbonyl (C=O) groups excluding carboxylic acids is 2. The summed E-state index contributed by atoms with van der Waals surface area (Å²) in [6.07, 6.45) is 1.61. The number of hydrogen-bond donors (Lipinski definition) is 2. The number of ether oxygens (including phenoxy) is 1. The second kappa shape index (κ2) is 8.71. The summed E-state index contributed by atoms with van der Waals surface area (Å²) < 4.78 is 6.75. The fourth-order valence-corrected chi connectivity index (χ4v) is 3.22. The lowest BCUT2D eigenvalue weighted by Crippen LogP contribution is -2.22. The van der Waals surface area contributed by atoms with Gasteiger partial charge in [0.25, 0.3) is 5.91 Å². The van der Waals surface area contributed by atoms with Gasteiger partial charge in [-0.1, -0.05) is 35.9 Å². The van der Waals surface area contributed by atoms with Crippen molar-refractivity contribution >= 4 is 17.7 Å². The number of aromatic nitrogens is 3. The highest BCUT2D eigenvalue weighted by Gasteiger charge is 2.16. The van der Waals surface area contributed by atoms with Crippen LogP contribution < -0.4 is 5.32 Å². The van der Waals surface area contributed by atoms with E-state index < -0.39 is 18.5 Å². The van der Waals surface area contributed by atoms with E-state index in [1.165, 1.54) is 0 Å². The second-order valence-corrected chi connectivity index (χ2v) is 7.19. The lowest BCUT2D eigenvalue weighted by molar-refractivity contribution is -0.119. The van der Waals surface area contributed by atoms with E-state index in [1.807, 2.05) is 62.4 Å². The molecule has 0 unspecified atom stereocenters.